The topological polar surface area (TPSA) is 113 Å². The lowest BCUT2D eigenvalue weighted by Gasteiger charge is -2.10. The minimum absolute atomic E-state index is 0.0737. The highest BCUT2D eigenvalue weighted by Gasteiger charge is 2.20. The molecule has 7 nitrogen and oxygen atoms in total. The van der Waals surface area contributed by atoms with E-state index in [1.165, 1.54) is 6.92 Å². The molecule has 0 aromatic heterocycles. The number of benzene rings is 1. The number of primary amides is 1. The van der Waals surface area contributed by atoms with Crippen molar-refractivity contribution in [1.29, 1.82) is 0 Å². The van der Waals surface area contributed by atoms with Crippen LogP contribution >= 0.6 is 11.6 Å². The molecule has 0 bridgehead atoms. The number of hydrogen-bond donors (Lipinski definition) is 1. The summed E-state index contributed by atoms with van der Waals surface area (Å²) in [5, 5.41) is 10.3. The van der Waals surface area contributed by atoms with Gasteiger partial charge in [0.25, 0.3) is 11.6 Å². The summed E-state index contributed by atoms with van der Waals surface area (Å²) in [5.74, 6) is -1.68. The van der Waals surface area contributed by atoms with Crippen molar-refractivity contribution >= 4 is 29.2 Å². The monoisotopic (exact) mass is 272 g/mol. The van der Waals surface area contributed by atoms with Gasteiger partial charge in [0.2, 0.25) is 0 Å². The summed E-state index contributed by atoms with van der Waals surface area (Å²) in [6.45, 7) is 1.31. The number of hydrogen-bond acceptors (Lipinski definition) is 5. The second kappa shape index (κ2) is 5.46. The number of nitro groups is 1. The summed E-state index contributed by atoms with van der Waals surface area (Å²) >= 11 is 5.71. The molecule has 2 N–H and O–H groups in total. The third kappa shape index (κ3) is 3.17. The molecule has 96 valence electrons. The Morgan fingerprint density at radius 2 is 2.11 bits per heavy atom. The molecular weight excluding hydrogens is 264 g/mol. The van der Waals surface area contributed by atoms with Gasteiger partial charge in [0.05, 0.1) is 15.5 Å². The molecule has 0 radical (unpaired) electrons. The zero-order valence-electron chi connectivity index (χ0n) is 9.25. The molecule has 1 atom stereocenters. The fourth-order valence-corrected chi connectivity index (χ4v) is 1.32. The summed E-state index contributed by atoms with van der Waals surface area (Å²) in [6.07, 6.45) is -1.11. The van der Waals surface area contributed by atoms with Crippen LogP contribution in [-0.2, 0) is 9.53 Å². The Labute approximate surface area is 107 Å². The Hall–Kier alpha value is -2.15. The Bertz CT molecular complexity index is 517. The Balaban J connectivity index is 2.94. The minimum atomic E-state index is -1.11. The van der Waals surface area contributed by atoms with E-state index in [9.17, 15) is 19.7 Å². The molecule has 8 heteroatoms. The van der Waals surface area contributed by atoms with E-state index in [1.54, 1.807) is 0 Å². The van der Waals surface area contributed by atoms with Gasteiger partial charge in [0, 0.05) is 12.1 Å². The quantitative estimate of drug-likeness (QED) is 0.504. The smallest absolute Gasteiger partial charge is 0.340 e. The van der Waals surface area contributed by atoms with E-state index >= 15 is 0 Å². The first-order chi connectivity index (χ1) is 8.32. The Kier molecular flexibility index (Phi) is 4.22. The van der Waals surface area contributed by atoms with Gasteiger partial charge in [-0.2, -0.15) is 0 Å². The Morgan fingerprint density at radius 3 is 2.56 bits per heavy atom. The molecule has 1 aromatic carbocycles. The van der Waals surface area contributed by atoms with Gasteiger partial charge < -0.3 is 10.5 Å². The SMILES string of the molecule is C[C@H](OC(=O)c1ccc([N+](=O)[O-])cc1Cl)C(N)=O. The molecule has 0 saturated heterocycles. The molecule has 18 heavy (non-hydrogen) atoms. The predicted octanol–water partition coefficient (Wildman–Crippen LogP) is 1.28. The zero-order valence-corrected chi connectivity index (χ0v) is 10.0. The van der Waals surface area contributed by atoms with Crippen LogP contribution in [0.5, 0.6) is 0 Å². The first-order valence-electron chi connectivity index (χ1n) is 4.77. The average molecular weight is 273 g/mol. The minimum Gasteiger partial charge on any atom is -0.449 e. The van der Waals surface area contributed by atoms with E-state index in [4.69, 9.17) is 22.1 Å². The van der Waals surface area contributed by atoms with E-state index in [1.807, 2.05) is 0 Å². The molecular formula is C10H9ClN2O5. The van der Waals surface area contributed by atoms with Crippen LogP contribution in [0.4, 0.5) is 5.69 Å². The molecule has 0 unspecified atom stereocenters. The highest BCUT2D eigenvalue weighted by molar-refractivity contribution is 6.33. The largest absolute Gasteiger partial charge is 0.449 e. The van der Waals surface area contributed by atoms with E-state index in [0.29, 0.717) is 0 Å². The number of nitrogens with two attached hydrogens (primary N) is 1. The number of non-ortho nitro benzene ring substituents is 1. The maximum absolute atomic E-state index is 11.6. The van der Waals surface area contributed by atoms with Gasteiger partial charge in [-0.05, 0) is 13.0 Å². The zero-order chi connectivity index (χ0) is 13.9. The molecule has 0 spiro atoms. The third-order valence-corrected chi connectivity index (χ3v) is 2.38. The van der Waals surface area contributed by atoms with Gasteiger partial charge in [-0.1, -0.05) is 11.6 Å². The van der Waals surface area contributed by atoms with Crippen LogP contribution in [0, 0.1) is 10.1 Å². The van der Waals surface area contributed by atoms with Crippen LogP contribution in [0.2, 0.25) is 5.02 Å². The van der Waals surface area contributed by atoms with Crippen molar-refractivity contribution in [2.75, 3.05) is 0 Å². The van der Waals surface area contributed by atoms with Gasteiger partial charge in [-0.15, -0.1) is 0 Å². The number of carbonyl (C=O) groups is 2. The number of amides is 1. The van der Waals surface area contributed by atoms with Crippen LogP contribution in [0.25, 0.3) is 0 Å². The first kappa shape index (κ1) is 13.9. The van der Waals surface area contributed by atoms with Crippen molar-refractivity contribution in [1.82, 2.24) is 0 Å². The summed E-state index contributed by atoms with van der Waals surface area (Å²) in [5.41, 5.74) is 4.60. The number of halogens is 1. The second-order valence-corrected chi connectivity index (χ2v) is 3.78. The van der Waals surface area contributed by atoms with E-state index < -0.39 is 22.9 Å². The van der Waals surface area contributed by atoms with Crippen molar-refractivity contribution in [2.24, 2.45) is 5.73 Å². The van der Waals surface area contributed by atoms with E-state index in [-0.39, 0.29) is 16.3 Å². The molecule has 1 aromatic rings. The van der Waals surface area contributed by atoms with Crippen molar-refractivity contribution in [3.63, 3.8) is 0 Å². The molecule has 1 amide bonds. The lowest BCUT2D eigenvalue weighted by atomic mass is 10.2. The normalized spacial score (nSPS) is 11.7. The van der Waals surface area contributed by atoms with Gasteiger partial charge in [-0.25, -0.2) is 4.79 Å². The number of rotatable bonds is 4. The summed E-state index contributed by atoms with van der Waals surface area (Å²) < 4.78 is 4.71. The maximum Gasteiger partial charge on any atom is 0.340 e. The highest BCUT2D eigenvalue weighted by atomic mass is 35.5. The molecule has 0 aliphatic rings. The summed E-state index contributed by atoms with van der Waals surface area (Å²) in [7, 11) is 0. The van der Waals surface area contributed by atoms with Crippen molar-refractivity contribution < 1.29 is 19.2 Å². The molecule has 0 saturated carbocycles. The van der Waals surface area contributed by atoms with Gasteiger partial charge in [0.15, 0.2) is 6.10 Å². The standard InChI is InChI=1S/C10H9ClN2O5/c1-5(9(12)14)18-10(15)7-3-2-6(13(16)17)4-8(7)11/h2-5H,1H3,(H2,12,14)/t5-/m0/s1. The fraction of sp³-hybridized carbons (Fsp3) is 0.200. The second-order valence-electron chi connectivity index (χ2n) is 3.37. The molecule has 0 heterocycles. The van der Waals surface area contributed by atoms with Crippen LogP contribution < -0.4 is 5.73 Å². The van der Waals surface area contributed by atoms with Crippen molar-refractivity contribution in [3.8, 4) is 0 Å². The average Bonchev–Trinajstić information content (AvgIpc) is 2.28. The molecule has 0 fully saturated rings. The lowest BCUT2D eigenvalue weighted by molar-refractivity contribution is -0.384. The predicted molar refractivity (Wildman–Crippen MR) is 62.2 cm³/mol. The number of nitro benzene ring substituents is 1. The number of ether oxygens (including phenoxy) is 1. The van der Waals surface area contributed by atoms with Crippen molar-refractivity contribution in [3.05, 3.63) is 38.9 Å². The number of nitrogens with zero attached hydrogens (tertiary/aromatic N) is 1. The maximum atomic E-state index is 11.6. The van der Waals surface area contributed by atoms with Crippen LogP contribution in [-0.4, -0.2) is 22.9 Å². The van der Waals surface area contributed by atoms with Gasteiger partial charge in [0.1, 0.15) is 0 Å². The van der Waals surface area contributed by atoms with Gasteiger partial charge >= 0.3 is 5.97 Å². The van der Waals surface area contributed by atoms with Crippen molar-refractivity contribution in [2.45, 2.75) is 13.0 Å². The van der Waals surface area contributed by atoms with E-state index in [0.717, 1.165) is 18.2 Å². The summed E-state index contributed by atoms with van der Waals surface area (Å²) in [6, 6.07) is 3.28. The fourth-order valence-electron chi connectivity index (χ4n) is 1.07. The number of esters is 1. The van der Waals surface area contributed by atoms with Crippen LogP contribution in [0.3, 0.4) is 0 Å². The third-order valence-electron chi connectivity index (χ3n) is 2.07. The van der Waals surface area contributed by atoms with E-state index in [2.05, 4.69) is 0 Å². The number of carbonyl (C=O) groups excluding carboxylic acids is 2. The molecule has 0 aliphatic carbocycles. The first-order valence-corrected chi connectivity index (χ1v) is 5.15. The molecule has 0 aliphatic heterocycles. The molecule has 1 rings (SSSR count). The van der Waals surface area contributed by atoms with Crippen LogP contribution in [0.1, 0.15) is 17.3 Å². The highest BCUT2D eigenvalue weighted by Crippen LogP contribution is 2.23. The van der Waals surface area contributed by atoms with Gasteiger partial charge in [-0.3, -0.25) is 14.9 Å². The Morgan fingerprint density at radius 1 is 1.50 bits per heavy atom. The van der Waals surface area contributed by atoms with Crippen LogP contribution in [0.15, 0.2) is 18.2 Å². The lowest BCUT2D eigenvalue weighted by Crippen LogP contribution is -2.30. The summed E-state index contributed by atoms with van der Waals surface area (Å²) in [4.78, 5) is 32.1.